The van der Waals surface area contributed by atoms with Crippen LogP contribution in [0.25, 0.3) is 82.1 Å². The smallest absolute Gasteiger partial charge is 0.136 e. The van der Waals surface area contributed by atoms with Crippen LogP contribution in [0, 0.1) is 0 Å². The quantitative estimate of drug-likeness (QED) is 0.177. The number of rotatable bonds is 4. The predicted molar refractivity (Wildman–Crippen MR) is 209 cm³/mol. The minimum atomic E-state index is 0.920. The predicted octanol–water partition coefficient (Wildman–Crippen LogP) is 13.8. The SMILES string of the molecule is C1=CCCC(C2=CC=C(c3ccc(-c4c5ccccc5c(-c5cccc6oc7ccccc7c56)c5ccccc45)c4ccccc34)CC2)=C1. The molecule has 1 aromatic heterocycles. The van der Waals surface area contributed by atoms with Gasteiger partial charge in [0, 0.05) is 10.8 Å². The van der Waals surface area contributed by atoms with E-state index in [-0.39, 0.29) is 0 Å². The number of para-hydroxylation sites is 1. The Morgan fingerprint density at radius 3 is 1.55 bits per heavy atom. The lowest BCUT2D eigenvalue weighted by molar-refractivity contribution is 0.669. The van der Waals surface area contributed by atoms with E-state index < -0.39 is 0 Å². The Hall–Kier alpha value is -5.92. The third-order valence-corrected chi connectivity index (χ3v) is 10.7. The molecule has 0 saturated heterocycles. The van der Waals surface area contributed by atoms with Crippen LogP contribution in [0.5, 0.6) is 0 Å². The molecular formula is C48H34O. The van der Waals surface area contributed by atoms with Crippen LogP contribution < -0.4 is 0 Å². The summed E-state index contributed by atoms with van der Waals surface area (Å²) in [5.41, 5.74) is 12.6. The Labute approximate surface area is 285 Å². The third kappa shape index (κ3) is 4.46. The van der Waals surface area contributed by atoms with E-state index in [2.05, 4.69) is 152 Å². The molecule has 232 valence electrons. The molecule has 49 heavy (non-hydrogen) atoms. The van der Waals surface area contributed by atoms with Crippen molar-refractivity contribution in [2.75, 3.05) is 0 Å². The van der Waals surface area contributed by atoms with Crippen molar-refractivity contribution in [1.29, 1.82) is 0 Å². The van der Waals surface area contributed by atoms with E-state index >= 15 is 0 Å². The van der Waals surface area contributed by atoms with Crippen LogP contribution in [0.3, 0.4) is 0 Å². The van der Waals surface area contributed by atoms with Crippen LogP contribution >= 0.6 is 0 Å². The number of allylic oxidation sites excluding steroid dienone is 8. The Kier molecular flexibility index (Phi) is 6.52. The molecule has 0 amide bonds. The van der Waals surface area contributed by atoms with Gasteiger partial charge in [0.05, 0.1) is 0 Å². The lowest BCUT2D eigenvalue weighted by Gasteiger charge is -2.22. The van der Waals surface area contributed by atoms with Gasteiger partial charge in [-0.15, -0.1) is 0 Å². The summed E-state index contributed by atoms with van der Waals surface area (Å²) in [7, 11) is 0. The zero-order valence-corrected chi connectivity index (χ0v) is 27.2. The van der Waals surface area contributed by atoms with Crippen LogP contribution in [0.2, 0.25) is 0 Å². The van der Waals surface area contributed by atoms with E-state index in [1.165, 1.54) is 82.2 Å². The Morgan fingerprint density at radius 1 is 0.367 bits per heavy atom. The molecule has 0 atom stereocenters. The lowest BCUT2D eigenvalue weighted by Crippen LogP contribution is -1.99. The topological polar surface area (TPSA) is 13.1 Å². The van der Waals surface area contributed by atoms with E-state index in [9.17, 15) is 0 Å². The molecule has 0 spiro atoms. The Balaban J connectivity index is 1.22. The van der Waals surface area contributed by atoms with Gasteiger partial charge in [-0.25, -0.2) is 0 Å². The van der Waals surface area contributed by atoms with Gasteiger partial charge in [-0.1, -0.05) is 146 Å². The van der Waals surface area contributed by atoms with E-state index in [1.807, 2.05) is 6.07 Å². The van der Waals surface area contributed by atoms with Crippen LogP contribution in [0.1, 0.15) is 31.2 Å². The Bertz CT molecular complexity index is 2700. The minimum Gasteiger partial charge on any atom is -0.456 e. The van der Waals surface area contributed by atoms with Gasteiger partial charge in [0.25, 0.3) is 0 Å². The maximum Gasteiger partial charge on any atom is 0.136 e. The summed E-state index contributed by atoms with van der Waals surface area (Å²) in [5.74, 6) is 0. The maximum absolute atomic E-state index is 6.36. The van der Waals surface area contributed by atoms with Gasteiger partial charge in [-0.05, 0) is 115 Å². The molecule has 0 N–H and O–H groups in total. The number of hydrogen-bond acceptors (Lipinski definition) is 1. The van der Waals surface area contributed by atoms with Gasteiger partial charge in [0.2, 0.25) is 0 Å². The van der Waals surface area contributed by atoms with Crippen molar-refractivity contribution in [2.24, 2.45) is 0 Å². The van der Waals surface area contributed by atoms with Crippen molar-refractivity contribution < 1.29 is 4.42 Å². The van der Waals surface area contributed by atoms with Gasteiger partial charge in [-0.2, -0.15) is 0 Å². The number of fused-ring (bicyclic) bond motifs is 6. The van der Waals surface area contributed by atoms with Crippen molar-refractivity contribution in [3.63, 3.8) is 0 Å². The summed E-state index contributed by atoms with van der Waals surface area (Å²) in [4.78, 5) is 0. The fraction of sp³-hybridized carbons (Fsp3) is 0.0833. The molecule has 0 saturated carbocycles. The first kappa shape index (κ1) is 28.1. The Morgan fingerprint density at radius 2 is 0.898 bits per heavy atom. The highest BCUT2D eigenvalue weighted by Gasteiger charge is 2.22. The molecule has 7 aromatic carbocycles. The normalized spacial score (nSPS) is 14.9. The van der Waals surface area contributed by atoms with Gasteiger partial charge in [0.15, 0.2) is 0 Å². The second kappa shape index (κ2) is 11.4. The lowest BCUT2D eigenvalue weighted by atomic mass is 9.82. The van der Waals surface area contributed by atoms with Crippen molar-refractivity contribution >= 4 is 59.8 Å². The molecule has 2 aliphatic rings. The fourth-order valence-corrected chi connectivity index (χ4v) is 8.49. The number of furan rings is 1. The first-order valence-electron chi connectivity index (χ1n) is 17.5. The van der Waals surface area contributed by atoms with Gasteiger partial charge < -0.3 is 4.42 Å². The largest absolute Gasteiger partial charge is 0.456 e. The molecule has 8 aromatic rings. The molecule has 1 heterocycles. The summed E-state index contributed by atoms with van der Waals surface area (Å²) >= 11 is 0. The molecule has 1 heteroatoms. The van der Waals surface area contributed by atoms with E-state index in [0.717, 1.165) is 42.2 Å². The zero-order valence-electron chi connectivity index (χ0n) is 27.2. The molecule has 1 nitrogen and oxygen atoms in total. The summed E-state index contributed by atoms with van der Waals surface area (Å²) in [6.45, 7) is 0. The van der Waals surface area contributed by atoms with Crippen molar-refractivity contribution in [3.05, 3.63) is 174 Å². The van der Waals surface area contributed by atoms with Gasteiger partial charge in [0.1, 0.15) is 11.2 Å². The summed E-state index contributed by atoms with van der Waals surface area (Å²) in [5, 5.41) is 9.96. The fourth-order valence-electron chi connectivity index (χ4n) is 8.49. The van der Waals surface area contributed by atoms with Crippen LogP contribution in [-0.4, -0.2) is 0 Å². The van der Waals surface area contributed by atoms with E-state index in [0.29, 0.717) is 0 Å². The third-order valence-electron chi connectivity index (χ3n) is 10.7. The monoisotopic (exact) mass is 626 g/mol. The van der Waals surface area contributed by atoms with E-state index in [4.69, 9.17) is 4.42 Å². The first-order valence-corrected chi connectivity index (χ1v) is 17.5. The minimum absolute atomic E-state index is 0.920. The average Bonchev–Trinajstić information content (AvgIpc) is 3.56. The molecule has 0 radical (unpaired) electrons. The second-order valence-electron chi connectivity index (χ2n) is 13.4. The highest BCUT2D eigenvalue weighted by atomic mass is 16.3. The molecule has 0 bridgehead atoms. The molecule has 0 aliphatic heterocycles. The molecule has 10 rings (SSSR count). The highest BCUT2D eigenvalue weighted by Crippen LogP contribution is 2.48. The van der Waals surface area contributed by atoms with Crippen molar-refractivity contribution in [3.8, 4) is 22.3 Å². The first-order chi connectivity index (χ1) is 24.3. The maximum atomic E-state index is 6.36. The molecule has 0 fully saturated rings. The van der Waals surface area contributed by atoms with Crippen LogP contribution in [0.4, 0.5) is 0 Å². The summed E-state index contributed by atoms with van der Waals surface area (Å²) in [6.07, 6.45) is 16.0. The molecular weight excluding hydrogens is 593 g/mol. The highest BCUT2D eigenvalue weighted by molar-refractivity contribution is 6.27. The van der Waals surface area contributed by atoms with Crippen molar-refractivity contribution in [1.82, 2.24) is 0 Å². The number of hydrogen-bond donors (Lipinski definition) is 0. The van der Waals surface area contributed by atoms with Crippen LogP contribution in [0.15, 0.2) is 173 Å². The summed E-state index contributed by atoms with van der Waals surface area (Å²) < 4.78 is 6.36. The van der Waals surface area contributed by atoms with Crippen molar-refractivity contribution in [2.45, 2.75) is 25.7 Å². The van der Waals surface area contributed by atoms with Gasteiger partial charge in [-0.3, -0.25) is 0 Å². The average molecular weight is 627 g/mol. The standard InChI is InChI=1S/C48H34O/c1-2-13-31(14-3-1)32-25-27-33(28-26-32)34-29-30-41(36-16-5-4-15-35(34)36)46-37-17-6-8-19-39(37)47(40-20-9-7-18-38(40)46)43-22-12-24-45-48(43)42-21-10-11-23-44(42)49-45/h1-2,4-13,15-25,27,29-30H,3,14,26,28H2. The summed E-state index contributed by atoms with van der Waals surface area (Å²) in [6, 6.07) is 46.6. The zero-order chi connectivity index (χ0) is 32.3. The second-order valence-corrected chi connectivity index (χ2v) is 13.4. The van der Waals surface area contributed by atoms with Crippen LogP contribution in [-0.2, 0) is 0 Å². The van der Waals surface area contributed by atoms with E-state index in [1.54, 1.807) is 0 Å². The van der Waals surface area contributed by atoms with Gasteiger partial charge >= 0.3 is 0 Å². The molecule has 0 unspecified atom stereocenters. The number of benzene rings is 7. The molecule has 2 aliphatic carbocycles.